The summed E-state index contributed by atoms with van der Waals surface area (Å²) in [4.78, 5) is 29.6. The van der Waals surface area contributed by atoms with Gasteiger partial charge in [0.25, 0.3) is 11.5 Å². The van der Waals surface area contributed by atoms with Crippen LogP contribution in [0.3, 0.4) is 0 Å². The normalized spacial score (nSPS) is 12.0. The Morgan fingerprint density at radius 2 is 2.22 bits per heavy atom. The number of rotatable bonds is 6. The zero-order valence-electron chi connectivity index (χ0n) is 12.3. The Hall–Kier alpha value is -1.94. The average Bonchev–Trinajstić information content (AvgIpc) is 2.91. The van der Waals surface area contributed by atoms with Crippen molar-refractivity contribution in [1.82, 2.24) is 19.6 Å². The predicted octanol–water partition coefficient (Wildman–Crippen LogP) is 1.37. The lowest BCUT2D eigenvalue weighted by atomic mass is 10.3. The van der Waals surface area contributed by atoms with Crippen LogP contribution >= 0.6 is 11.3 Å². The van der Waals surface area contributed by atoms with E-state index in [-0.39, 0.29) is 18.7 Å². The molecule has 0 aliphatic heterocycles. The number of hydrogen-bond donors (Lipinski definition) is 1. The number of alkyl halides is 3. The van der Waals surface area contributed by atoms with E-state index in [9.17, 15) is 22.8 Å². The third-order valence-electron chi connectivity index (χ3n) is 3.04. The topological polar surface area (TPSA) is 66.7 Å². The molecular weight excluding hydrogens is 333 g/mol. The number of fused-ring (bicyclic) bond motifs is 1. The monoisotopic (exact) mass is 348 g/mol. The number of hydrogen-bond acceptors (Lipinski definition) is 5. The van der Waals surface area contributed by atoms with Gasteiger partial charge >= 0.3 is 6.18 Å². The van der Waals surface area contributed by atoms with E-state index in [0.717, 1.165) is 4.90 Å². The van der Waals surface area contributed by atoms with Crippen LogP contribution in [0, 0.1) is 0 Å². The number of amides is 1. The number of aromatic nitrogens is 2. The maximum Gasteiger partial charge on any atom is 0.401 e. The molecule has 2 heterocycles. The van der Waals surface area contributed by atoms with Crippen molar-refractivity contribution in [2.24, 2.45) is 0 Å². The van der Waals surface area contributed by atoms with Crippen LogP contribution in [0.1, 0.15) is 16.8 Å². The molecule has 1 N–H and O–H groups in total. The smallest absolute Gasteiger partial charge is 0.352 e. The van der Waals surface area contributed by atoms with E-state index < -0.39 is 24.2 Å². The molecule has 6 nitrogen and oxygen atoms in total. The van der Waals surface area contributed by atoms with Crippen LogP contribution in [0.15, 0.2) is 22.6 Å². The second-order valence-electron chi connectivity index (χ2n) is 5.00. The summed E-state index contributed by atoms with van der Waals surface area (Å²) in [6.07, 6.45) is -1.17. The molecule has 23 heavy (non-hydrogen) atoms. The predicted molar refractivity (Wildman–Crippen MR) is 79.8 cm³/mol. The van der Waals surface area contributed by atoms with E-state index in [1.807, 2.05) is 0 Å². The van der Waals surface area contributed by atoms with Gasteiger partial charge in [0.1, 0.15) is 5.56 Å². The minimum absolute atomic E-state index is 0.0930. The third-order valence-corrected chi connectivity index (χ3v) is 3.81. The van der Waals surface area contributed by atoms with Crippen molar-refractivity contribution in [2.45, 2.75) is 12.6 Å². The quantitative estimate of drug-likeness (QED) is 0.801. The molecule has 0 radical (unpaired) electrons. The van der Waals surface area contributed by atoms with Gasteiger partial charge in [0.05, 0.1) is 6.54 Å². The number of nitrogens with zero attached hydrogens (tertiary/aromatic N) is 3. The van der Waals surface area contributed by atoms with Gasteiger partial charge in [0.2, 0.25) is 0 Å². The molecule has 0 aromatic carbocycles. The highest BCUT2D eigenvalue weighted by atomic mass is 32.1. The molecule has 2 aromatic heterocycles. The number of nitrogens with one attached hydrogen (secondary N) is 1. The average molecular weight is 348 g/mol. The second-order valence-corrected chi connectivity index (χ2v) is 5.87. The van der Waals surface area contributed by atoms with E-state index in [1.54, 1.807) is 5.38 Å². The van der Waals surface area contributed by atoms with Gasteiger partial charge in [-0.05, 0) is 20.0 Å². The van der Waals surface area contributed by atoms with E-state index in [2.05, 4.69) is 10.3 Å². The minimum Gasteiger partial charge on any atom is -0.352 e. The Labute approximate surface area is 133 Å². The molecule has 2 aromatic rings. The van der Waals surface area contributed by atoms with Gasteiger partial charge in [-0.3, -0.25) is 18.9 Å². The molecule has 0 unspecified atom stereocenters. The van der Waals surface area contributed by atoms with Crippen LogP contribution in [0.2, 0.25) is 0 Å². The van der Waals surface area contributed by atoms with Gasteiger partial charge in [0, 0.05) is 24.3 Å². The highest BCUT2D eigenvalue weighted by Crippen LogP contribution is 2.15. The van der Waals surface area contributed by atoms with Crippen LogP contribution in [0.25, 0.3) is 4.96 Å². The first-order valence-corrected chi connectivity index (χ1v) is 7.64. The fourth-order valence-corrected chi connectivity index (χ4v) is 2.69. The van der Waals surface area contributed by atoms with Crippen molar-refractivity contribution in [3.8, 4) is 0 Å². The molecular formula is C13H15F3N4O2S. The molecule has 0 saturated heterocycles. The van der Waals surface area contributed by atoms with Crippen LogP contribution in [0.5, 0.6) is 0 Å². The summed E-state index contributed by atoms with van der Waals surface area (Å²) in [5.41, 5.74) is -0.563. The van der Waals surface area contributed by atoms with Gasteiger partial charge < -0.3 is 5.32 Å². The molecule has 1 amide bonds. The lowest BCUT2D eigenvalue weighted by Gasteiger charge is -2.18. The maximum absolute atomic E-state index is 12.2. The number of carbonyl (C=O) groups excluding carboxylic acids is 1. The van der Waals surface area contributed by atoms with E-state index in [0.29, 0.717) is 11.4 Å². The van der Waals surface area contributed by atoms with Gasteiger partial charge in [0.15, 0.2) is 4.96 Å². The van der Waals surface area contributed by atoms with Gasteiger partial charge in [-0.25, -0.2) is 4.98 Å². The molecule has 0 aliphatic carbocycles. The first-order chi connectivity index (χ1) is 10.8. The molecule has 126 valence electrons. The van der Waals surface area contributed by atoms with Crippen molar-refractivity contribution < 1.29 is 18.0 Å². The minimum atomic E-state index is -4.24. The second kappa shape index (κ2) is 7.09. The van der Waals surface area contributed by atoms with Crippen molar-refractivity contribution >= 4 is 22.2 Å². The molecule has 0 spiro atoms. The molecule has 0 aliphatic rings. The molecule has 0 fully saturated rings. The lowest BCUT2D eigenvalue weighted by Crippen LogP contribution is -2.35. The van der Waals surface area contributed by atoms with Crippen LogP contribution in [-0.2, 0) is 0 Å². The van der Waals surface area contributed by atoms with Crippen molar-refractivity contribution in [3.63, 3.8) is 0 Å². The number of halogens is 3. The van der Waals surface area contributed by atoms with Gasteiger partial charge in [-0.1, -0.05) is 0 Å². The zero-order valence-corrected chi connectivity index (χ0v) is 13.1. The van der Waals surface area contributed by atoms with Crippen LogP contribution < -0.4 is 10.9 Å². The number of thiazole rings is 1. The molecule has 0 atom stereocenters. The highest BCUT2D eigenvalue weighted by molar-refractivity contribution is 7.15. The van der Waals surface area contributed by atoms with Gasteiger partial charge in [-0.15, -0.1) is 11.3 Å². The Morgan fingerprint density at radius 1 is 1.48 bits per heavy atom. The van der Waals surface area contributed by atoms with Crippen molar-refractivity contribution in [2.75, 3.05) is 26.7 Å². The molecule has 10 heteroatoms. The fraction of sp³-hybridized carbons (Fsp3) is 0.462. The molecule has 0 bridgehead atoms. The Kier molecular flexibility index (Phi) is 5.37. The Balaban J connectivity index is 1.85. The van der Waals surface area contributed by atoms with Crippen LogP contribution in [-0.4, -0.2) is 53.1 Å². The first kappa shape index (κ1) is 17.4. The third kappa shape index (κ3) is 4.76. The molecule has 2 rings (SSSR count). The van der Waals surface area contributed by atoms with Gasteiger partial charge in [-0.2, -0.15) is 13.2 Å². The summed E-state index contributed by atoms with van der Waals surface area (Å²) < 4.78 is 37.7. The summed E-state index contributed by atoms with van der Waals surface area (Å²) in [7, 11) is 1.36. The highest BCUT2D eigenvalue weighted by Gasteiger charge is 2.28. The molecule has 0 saturated carbocycles. The summed E-state index contributed by atoms with van der Waals surface area (Å²) >= 11 is 1.27. The zero-order chi connectivity index (χ0) is 17.0. The summed E-state index contributed by atoms with van der Waals surface area (Å²) in [6.45, 7) is -0.644. The fourth-order valence-electron chi connectivity index (χ4n) is 2.01. The Bertz CT molecular complexity index is 741. The van der Waals surface area contributed by atoms with E-state index >= 15 is 0 Å². The SMILES string of the molecule is CN(CCCNC(=O)c1cnc2sccn2c1=O)CC(F)(F)F. The Morgan fingerprint density at radius 3 is 2.91 bits per heavy atom. The standard InChI is InChI=1S/C13H15F3N4O2S/c1-19(8-13(14,15)16)4-2-3-17-10(21)9-7-18-12-20(11(9)22)5-6-23-12/h5-7H,2-4,8H2,1H3,(H,17,21). The summed E-state index contributed by atoms with van der Waals surface area (Å²) in [5, 5.41) is 4.20. The van der Waals surface area contributed by atoms with Crippen molar-refractivity contribution in [1.29, 1.82) is 0 Å². The summed E-state index contributed by atoms with van der Waals surface area (Å²) in [5.74, 6) is -0.582. The summed E-state index contributed by atoms with van der Waals surface area (Å²) in [6, 6.07) is 0. The van der Waals surface area contributed by atoms with E-state index in [1.165, 1.54) is 35.2 Å². The maximum atomic E-state index is 12.2. The number of carbonyl (C=O) groups is 1. The van der Waals surface area contributed by atoms with E-state index in [4.69, 9.17) is 0 Å². The largest absolute Gasteiger partial charge is 0.401 e. The van der Waals surface area contributed by atoms with Crippen molar-refractivity contribution in [3.05, 3.63) is 33.7 Å². The van der Waals surface area contributed by atoms with Crippen LogP contribution in [0.4, 0.5) is 13.2 Å². The first-order valence-electron chi connectivity index (χ1n) is 6.76. The lowest BCUT2D eigenvalue weighted by molar-refractivity contribution is -0.143.